The van der Waals surface area contributed by atoms with Crippen LogP contribution in [-0.4, -0.2) is 21.3 Å². The molecule has 0 spiro atoms. The van der Waals surface area contributed by atoms with Gasteiger partial charge in [0.1, 0.15) is 4.05 Å². The lowest BCUT2D eigenvalue weighted by Crippen LogP contribution is -2.30. The van der Waals surface area contributed by atoms with Crippen LogP contribution in [0.15, 0.2) is 29.3 Å². The van der Waals surface area contributed by atoms with E-state index in [1.54, 1.807) is 12.1 Å². The highest BCUT2D eigenvalue weighted by Gasteiger charge is 2.39. The van der Waals surface area contributed by atoms with E-state index in [0.29, 0.717) is 5.92 Å². The molecule has 2 unspecified atom stereocenters. The number of hydrogen-bond donors (Lipinski definition) is 1. The average molecular weight is 482 g/mol. The molecule has 0 bridgehead atoms. The molecule has 1 aromatic rings. The van der Waals surface area contributed by atoms with Crippen LogP contribution in [0, 0.1) is 5.92 Å². The fourth-order valence-electron chi connectivity index (χ4n) is 3.31. The standard InChI is InChI=1S/C17H18F3IN2OS/c18-17(19,20)16(24)23-13-8-4-7-12(9-13)14(15(21)22-10-25)11-5-2-1-3-6-11/h4,7-9,11,14-15H,1-3,5-6H2,(H,23,24). The number of anilines is 1. The first kappa shape index (κ1) is 20.3. The number of alkyl halides is 4. The second-order valence-electron chi connectivity index (χ2n) is 6.09. The molecule has 25 heavy (non-hydrogen) atoms. The monoisotopic (exact) mass is 482 g/mol. The van der Waals surface area contributed by atoms with E-state index in [9.17, 15) is 18.0 Å². The van der Waals surface area contributed by atoms with Crippen LogP contribution in [0.1, 0.15) is 43.6 Å². The van der Waals surface area contributed by atoms with Crippen molar-refractivity contribution in [3.05, 3.63) is 29.8 Å². The van der Waals surface area contributed by atoms with Crippen molar-refractivity contribution in [1.82, 2.24) is 0 Å². The number of aliphatic imine (C=N–C) groups is 1. The third kappa shape index (κ3) is 5.76. The Hall–Kier alpha value is -0.990. The molecule has 136 valence electrons. The summed E-state index contributed by atoms with van der Waals surface area (Å²) in [7, 11) is 0. The molecule has 8 heteroatoms. The van der Waals surface area contributed by atoms with Crippen molar-refractivity contribution in [2.45, 2.75) is 48.2 Å². The number of rotatable bonds is 5. The maximum absolute atomic E-state index is 12.5. The van der Waals surface area contributed by atoms with Gasteiger partial charge < -0.3 is 5.32 Å². The van der Waals surface area contributed by atoms with Gasteiger partial charge in [0.2, 0.25) is 0 Å². The summed E-state index contributed by atoms with van der Waals surface area (Å²) in [5.74, 6) is -1.56. The molecule has 1 saturated carbocycles. The van der Waals surface area contributed by atoms with Gasteiger partial charge in [-0.1, -0.05) is 54.0 Å². The quantitative estimate of drug-likeness (QED) is 0.192. The molecule has 0 saturated heterocycles. The van der Waals surface area contributed by atoms with Gasteiger partial charge >= 0.3 is 12.1 Å². The number of thiocarbonyl (C=S) groups is 1. The largest absolute Gasteiger partial charge is 0.471 e. The molecule has 0 aliphatic heterocycles. The molecule has 1 aliphatic carbocycles. The minimum atomic E-state index is -4.91. The Balaban J connectivity index is 2.28. The highest BCUT2D eigenvalue weighted by atomic mass is 127. The van der Waals surface area contributed by atoms with Crippen LogP contribution < -0.4 is 5.32 Å². The zero-order valence-corrected chi connectivity index (χ0v) is 16.3. The Kier molecular flexibility index (Phi) is 7.39. The van der Waals surface area contributed by atoms with Crippen molar-refractivity contribution in [2.24, 2.45) is 10.9 Å². The van der Waals surface area contributed by atoms with Gasteiger partial charge in [0.25, 0.3) is 0 Å². The van der Waals surface area contributed by atoms with E-state index >= 15 is 0 Å². The molecule has 1 aromatic carbocycles. The van der Waals surface area contributed by atoms with E-state index in [2.05, 4.69) is 32.7 Å². The summed E-state index contributed by atoms with van der Waals surface area (Å²) in [6.45, 7) is 0. The van der Waals surface area contributed by atoms with Gasteiger partial charge in [-0.2, -0.15) is 13.2 Å². The second-order valence-corrected chi connectivity index (χ2v) is 7.55. The summed E-state index contributed by atoms with van der Waals surface area (Å²) < 4.78 is 37.2. The molecule has 2 rings (SSSR count). The molecule has 0 radical (unpaired) electrons. The summed E-state index contributed by atoms with van der Waals surface area (Å²) in [4.78, 5) is 15.4. The van der Waals surface area contributed by atoms with Gasteiger partial charge in [0, 0.05) is 11.6 Å². The zero-order chi connectivity index (χ0) is 18.4. The number of carbonyl (C=O) groups excluding carboxylic acids is 1. The highest BCUT2D eigenvalue weighted by molar-refractivity contribution is 14.1. The first-order chi connectivity index (χ1) is 11.8. The summed E-state index contributed by atoms with van der Waals surface area (Å²) >= 11 is 6.92. The zero-order valence-electron chi connectivity index (χ0n) is 13.4. The Labute approximate surface area is 163 Å². The molecular weight excluding hydrogens is 464 g/mol. The first-order valence-corrected chi connectivity index (χ1v) is 9.67. The third-order valence-corrected chi connectivity index (χ3v) is 5.58. The van der Waals surface area contributed by atoms with Gasteiger partial charge in [-0.25, -0.2) is 4.99 Å². The van der Waals surface area contributed by atoms with Gasteiger partial charge in [0.05, 0.1) is 5.16 Å². The SMILES string of the molecule is O=C(Nc1cccc(C(C2CCCCC2)C(I)N=C=S)c1)C(F)(F)F. The summed E-state index contributed by atoms with van der Waals surface area (Å²) in [5.41, 5.74) is 0.996. The molecule has 1 fully saturated rings. The number of halogens is 4. The predicted molar refractivity (Wildman–Crippen MR) is 103 cm³/mol. The minimum Gasteiger partial charge on any atom is -0.318 e. The lowest BCUT2D eigenvalue weighted by Gasteiger charge is -2.32. The van der Waals surface area contributed by atoms with E-state index in [4.69, 9.17) is 12.2 Å². The van der Waals surface area contributed by atoms with Gasteiger partial charge in [-0.05, 0) is 48.7 Å². The summed E-state index contributed by atoms with van der Waals surface area (Å²) in [6, 6.07) is 6.58. The topological polar surface area (TPSA) is 41.5 Å². The fraction of sp³-hybridized carbons (Fsp3) is 0.529. The van der Waals surface area contributed by atoms with Crippen LogP contribution in [0.3, 0.4) is 0 Å². The van der Waals surface area contributed by atoms with Crippen LogP contribution in [0.5, 0.6) is 0 Å². The highest BCUT2D eigenvalue weighted by Crippen LogP contribution is 2.41. The number of carbonyl (C=O) groups is 1. The predicted octanol–water partition coefficient (Wildman–Crippen LogP) is 5.72. The van der Waals surface area contributed by atoms with Crippen molar-refractivity contribution in [2.75, 3.05) is 5.32 Å². The molecule has 2 atom stereocenters. The van der Waals surface area contributed by atoms with Crippen LogP contribution in [0.25, 0.3) is 0 Å². The van der Waals surface area contributed by atoms with E-state index in [1.807, 2.05) is 11.4 Å². The van der Waals surface area contributed by atoms with Crippen LogP contribution in [0.4, 0.5) is 18.9 Å². The van der Waals surface area contributed by atoms with Crippen molar-refractivity contribution in [1.29, 1.82) is 0 Å². The molecule has 3 nitrogen and oxygen atoms in total. The number of amides is 1. The molecule has 0 aromatic heterocycles. The lowest BCUT2D eigenvalue weighted by atomic mass is 9.76. The smallest absolute Gasteiger partial charge is 0.318 e. The second kappa shape index (κ2) is 9.09. The Morgan fingerprint density at radius 2 is 2.00 bits per heavy atom. The van der Waals surface area contributed by atoms with Crippen LogP contribution >= 0.6 is 34.8 Å². The van der Waals surface area contributed by atoms with E-state index in [0.717, 1.165) is 31.2 Å². The normalized spacial score (nSPS) is 18.1. The lowest BCUT2D eigenvalue weighted by molar-refractivity contribution is -0.167. The van der Waals surface area contributed by atoms with Gasteiger partial charge in [-0.3, -0.25) is 4.79 Å². The fourth-order valence-corrected chi connectivity index (χ4v) is 4.75. The van der Waals surface area contributed by atoms with Crippen molar-refractivity contribution in [3.8, 4) is 0 Å². The Morgan fingerprint density at radius 1 is 1.32 bits per heavy atom. The summed E-state index contributed by atoms with van der Waals surface area (Å²) in [6.07, 6.45) is 0.665. The third-order valence-electron chi connectivity index (χ3n) is 4.42. The van der Waals surface area contributed by atoms with Gasteiger partial charge in [0.15, 0.2) is 0 Å². The average Bonchev–Trinajstić information content (AvgIpc) is 2.56. The number of benzene rings is 1. The van der Waals surface area contributed by atoms with E-state index < -0.39 is 12.1 Å². The maximum atomic E-state index is 12.5. The molecule has 0 heterocycles. The first-order valence-electron chi connectivity index (χ1n) is 8.02. The molecular formula is C17H18F3IN2OS. The number of nitrogens with zero attached hydrogens (tertiary/aromatic N) is 1. The number of isothiocyanates is 1. The van der Waals surface area contributed by atoms with Crippen LogP contribution in [0.2, 0.25) is 0 Å². The maximum Gasteiger partial charge on any atom is 0.471 e. The van der Waals surface area contributed by atoms with Crippen molar-refractivity contribution < 1.29 is 18.0 Å². The molecule has 1 aliphatic rings. The van der Waals surface area contributed by atoms with E-state index in [1.165, 1.54) is 12.5 Å². The Morgan fingerprint density at radius 3 is 2.60 bits per heavy atom. The van der Waals surface area contributed by atoms with Crippen molar-refractivity contribution in [3.63, 3.8) is 0 Å². The van der Waals surface area contributed by atoms with Gasteiger partial charge in [-0.15, -0.1) is 0 Å². The number of hydrogen-bond acceptors (Lipinski definition) is 3. The van der Waals surface area contributed by atoms with Crippen molar-refractivity contribution >= 4 is 51.6 Å². The van der Waals surface area contributed by atoms with Crippen LogP contribution in [-0.2, 0) is 4.79 Å². The Bertz CT molecular complexity index is 656. The molecule has 1 amide bonds. The van der Waals surface area contributed by atoms with E-state index in [-0.39, 0.29) is 15.7 Å². The number of nitrogens with one attached hydrogen (secondary N) is 1. The minimum absolute atomic E-state index is 0.0269. The summed E-state index contributed by atoms with van der Waals surface area (Å²) in [5, 5.41) is 4.32. The molecule has 1 N–H and O–H groups in total.